The molecule has 0 aliphatic heterocycles. The van der Waals surface area contributed by atoms with E-state index in [0.717, 1.165) is 24.0 Å². The van der Waals surface area contributed by atoms with E-state index in [0.29, 0.717) is 11.3 Å². The van der Waals surface area contributed by atoms with E-state index >= 15 is 0 Å². The summed E-state index contributed by atoms with van der Waals surface area (Å²) < 4.78 is 0. The second kappa shape index (κ2) is 8.19. The Labute approximate surface area is 147 Å². The maximum absolute atomic E-state index is 12.1. The summed E-state index contributed by atoms with van der Waals surface area (Å²) in [5.41, 5.74) is 8.11. The number of rotatable bonds is 6. The number of primary amides is 1. The van der Waals surface area contributed by atoms with E-state index in [-0.39, 0.29) is 17.8 Å². The van der Waals surface area contributed by atoms with Crippen LogP contribution in [0.15, 0.2) is 42.5 Å². The van der Waals surface area contributed by atoms with Gasteiger partial charge in [-0.05, 0) is 62.1 Å². The molecule has 0 aliphatic carbocycles. The minimum atomic E-state index is -0.536. The first-order chi connectivity index (χ1) is 11.8. The van der Waals surface area contributed by atoms with Gasteiger partial charge in [-0.3, -0.25) is 4.79 Å². The van der Waals surface area contributed by atoms with Gasteiger partial charge in [-0.2, -0.15) is 0 Å². The number of phenols is 1. The fraction of sp³-hybridized carbons (Fsp3) is 0.263. The molecule has 0 unspecified atom stereocenters. The van der Waals surface area contributed by atoms with Gasteiger partial charge < -0.3 is 21.5 Å². The predicted octanol–water partition coefficient (Wildman–Crippen LogP) is 2.94. The summed E-state index contributed by atoms with van der Waals surface area (Å²) in [6.45, 7) is 3.77. The second-order valence-corrected chi connectivity index (χ2v) is 6.10. The standard InChI is InChI=1S/C19H23N3O3/c1-12-3-8-15(18(20)24)11-17(12)22-19(25)21-13(2)4-5-14-6-9-16(23)10-7-14/h3,6-11,13,23H,4-5H2,1-2H3,(H2,20,24)(H2,21,22,25)/t13-/m1/s1. The molecule has 0 saturated heterocycles. The minimum absolute atomic E-state index is 0.0339. The zero-order valence-corrected chi connectivity index (χ0v) is 14.4. The number of hydrogen-bond donors (Lipinski definition) is 4. The number of aromatic hydroxyl groups is 1. The van der Waals surface area contributed by atoms with Gasteiger partial charge in [-0.15, -0.1) is 0 Å². The van der Waals surface area contributed by atoms with Crippen LogP contribution in [0.5, 0.6) is 5.75 Å². The van der Waals surface area contributed by atoms with Gasteiger partial charge in [0.2, 0.25) is 5.91 Å². The molecule has 0 radical (unpaired) electrons. The van der Waals surface area contributed by atoms with Crippen LogP contribution in [0.1, 0.15) is 34.8 Å². The normalized spacial score (nSPS) is 11.6. The van der Waals surface area contributed by atoms with Crippen LogP contribution < -0.4 is 16.4 Å². The topological polar surface area (TPSA) is 104 Å². The number of carbonyl (C=O) groups excluding carboxylic acids is 2. The maximum Gasteiger partial charge on any atom is 0.319 e. The van der Waals surface area contributed by atoms with Crippen molar-refractivity contribution in [2.75, 3.05) is 5.32 Å². The Bertz CT molecular complexity index is 757. The second-order valence-electron chi connectivity index (χ2n) is 6.10. The largest absolute Gasteiger partial charge is 0.508 e. The smallest absolute Gasteiger partial charge is 0.319 e. The van der Waals surface area contributed by atoms with Crippen LogP contribution in [-0.2, 0) is 6.42 Å². The number of nitrogens with one attached hydrogen (secondary N) is 2. The van der Waals surface area contributed by atoms with Crippen molar-refractivity contribution in [2.45, 2.75) is 32.7 Å². The highest BCUT2D eigenvalue weighted by molar-refractivity contribution is 5.96. The lowest BCUT2D eigenvalue weighted by Gasteiger charge is -2.16. The Morgan fingerprint density at radius 1 is 1.16 bits per heavy atom. The zero-order valence-electron chi connectivity index (χ0n) is 14.4. The van der Waals surface area contributed by atoms with Gasteiger partial charge in [0.15, 0.2) is 0 Å². The van der Waals surface area contributed by atoms with E-state index in [9.17, 15) is 14.7 Å². The highest BCUT2D eigenvalue weighted by atomic mass is 16.3. The number of hydrogen-bond acceptors (Lipinski definition) is 3. The van der Waals surface area contributed by atoms with E-state index in [4.69, 9.17) is 5.73 Å². The Hall–Kier alpha value is -3.02. The van der Waals surface area contributed by atoms with E-state index in [2.05, 4.69) is 10.6 Å². The average molecular weight is 341 g/mol. The van der Waals surface area contributed by atoms with Crippen molar-refractivity contribution in [3.8, 4) is 5.75 Å². The van der Waals surface area contributed by atoms with E-state index in [1.54, 1.807) is 30.3 Å². The molecular formula is C19H23N3O3. The number of benzene rings is 2. The maximum atomic E-state index is 12.1. The van der Waals surface area contributed by atoms with Crippen LogP contribution in [0.4, 0.5) is 10.5 Å². The molecule has 5 N–H and O–H groups in total. The summed E-state index contributed by atoms with van der Waals surface area (Å²) in [7, 11) is 0. The van der Waals surface area contributed by atoms with Crippen LogP contribution in [0.3, 0.4) is 0 Å². The molecule has 2 aromatic carbocycles. The molecule has 6 heteroatoms. The van der Waals surface area contributed by atoms with Gasteiger partial charge in [0, 0.05) is 17.3 Å². The minimum Gasteiger partial charge on any atom is -0.508 e. The van der Waals surface area contributed by atoms with Crippen molar-refractivity contribution in [3.05, 3.63) is 59.2 Å². The first-order valence-corrected chi connectivity index (χ1v) is 8.11. The Balaban J connectivity index is 1.88. The van der Waals surface area contributed by atoms with Crippen molar-refractivity contribution in [2.24, 2.45) is 5.73 Å². The van der Waals surface area contributed by atoms with Crippen LogP contribution in [-0.4, -0.2) is 23.1 Å². The molecule has 0 heterocycles. The Morgan fingerprint density at radius 3 is 2.48 bits per heavy atom. The lowest BCUT2D eigenvalue weighted by molar-refractivity contribution is 0.1000. The third-order valence-electron chi connectivity index (χ3n) is 3.95. The van der Waals surface area contributed by atoms with Crippen LogP contribution in [0.2, 0.25) is 0 Å². The van der Waals surface area contributed by atoms with Gasteiger partial charge in [-0.25, -0.2) is 4.79 Å². The SMILES string of the molecule is Cc1ccc(C(N)=O)cc1NC(=O)N[C@H](C)CCc1ccc(O)cc1. The highest BCUT2D eigenvalue weighted by Gasteiger charge is 2.11. The molecule has 2 rings (SSSR count). The summed E-state index contributed by atoms with van der Waals surface area (Å²) in [6.07, 6.45) is 1.55. The van der Waals surface area contributed by atoms with Crippen LogP contribution in [0, 0.1) is 6.92 Å². The van der Waals surface area contributed by atoms with E-state index < -0.39 is 5.91 Å². The molecule has 0 spiro atoms. The van der Waals surface area contributed by atoms with Gasteiger partial charge in [-0.1, -0.05) is 18.2 Å². The summed E-state index contributed by atoms with van der Waals surface area (Å²) in [5, 5.41) is 14.9. The van der Waals surface area contributed by atoms with Crippen molar-refractivity contribution < 1.29 is 14.7 Å². The van der Waals surface area contributed by atoms with E-state index in [1.807, 2.05) is 26.0 Å². The number of aryl methyl sites for hydroxylation is 2. The van der Waals surface area contributed by atoms with Gasteiger partial charge >= 0.3 is 6.03 Å². The molecule has 0 fully saturated rings. The molecule has 25 heavy (non-hydrogen) atoms. The number of urea groups is 1. The molecule has 0 aliphatic rings. The lowest BCUT2D eigenvalue weighted by atomic mass is 10.1. The summed E-state index contributed by atoms with van der Waals surface area (Å²) >= 11 is 0. The van der Waals surface area contributed by atoms with Gasteiger partial charge in [0.25, 0.3) is 0 Å². The predicted molar refractivity (Wildman–Crippen MR) is 97.7 cm³/mol. The molecule has 2 aromatic rings. The third kappa shape index (κ3) is 5.53. The monoisotopic (exact) mass is 341 g/mol. The average Bonchev–Trinajstić information content (AvgIpc) is 2.56. The fourth-order valence-corrected chi connectivity index (χ4v) is 2.41. The molecule has 6 nitrogen and oxygen atoms in total. The first-order valence-electron chi connectivity index (χ1n) is 8.11. The van der Waals surface area contributed by atoms with Crippen LogP contribution in [0.25, 0.3) is 0 Å². The van der Waals surface area contributed by atoms with Crippen LogP contribution >= 0.6 is 0 Å². The molecule has 1 atom stereocenters. The number of amides is 3. The Morgan fingerprint density at radius 2 is 1.84 bits per heavy atom. The highest BCUT2D eigenvalue weighted by Crippen LogP contribution is 2.17. The molecule has 0 saturated carbocycles. The van der Waals surface area contributed by atoms with Gasteiger partial charge in [0.1, 0.15) is 5.75 Å². The third-order valence-corrected chi connectivity index (χ3v) is 3.95. The molecule has 0 aromatic heterocycles. The summed E-state index contributed by atoms with van der Waals surface area (Å²) in [6, 6.07) is 11.6. The fourth-order valence-electron chi connectivity index (χ4n) is 2.41. The van der Waals surface area contributed by atoms with Crippen molar-refractivity contribution in [1.29, 1.82) is 0 Å². The first kappa shape index (κ1) is 18.3. The number of carbonyl (C=O) groups is 2. The van der Waals surface area contributed by atoms with Crippen molar-refractivity contribution in [1.82, 2.24) is 5.32 Å². The lowest BCUT2D eigenvalue weighted by Crippen LogP contribution is -2.36. The van der Waals surface area contributed by atoms with E-state index in [1.165, 1.54) is 0 Å². The Kier molecular flexibility index (Phi) is 6.00. The van der Waals surface area contributed by atoms with Crippen molar-refractivity contribution in [3.63, 3.8) is 0 Å². The summed E-state index contributed by atoms with van der Waals surface area (Å²) in [5.74, 6) is -0.298. The molecule has 0 bridgehead atoms. The number of anilines is 1. The van der Waals surface area contributed by atoms with Gasteiger partial charge in [0.05, 0.1) is 0 Å². The molecule has 3 amide bonds. The van der Waals surface area contributed by atoms with Crippen molar-refractivity contribution >= 4 is 17.6 Å². The zero-order chi connectivity index (χ0) is 18.4. The summed E-state index contributed by atoms with van der Waals surface area (Å²) in [4.78, 5) is 23.4. The quantitative estimate of drug-likeness (QED) is 0.649. The molecule has 132 valence electrons. The molecular weight excluding hydrogens is 318 g/mol. The number of phenolic OH excluding ortho intramolecular Hbond substituents is 1. The number of nitrogens with two attached hydrogens (primary N) is 1.